The normalized spacial score (nSPS) is 11.5. The van der Waals surface area contributed by atoms with E-state index in [1.54, 1.807) is 6.07 Å². The summed E-state index contributed by atoms with van der Waals surface area (Å²) in [7, 11) is 0. The average molecular weight is 510 g/mol. The van der Waals surface area contributed by atoms with Crippen LogP contribution in [0.3, 0.4) is 0 Å². The molecule has 9 heteroatoms. The van der Waals surface area contributed by atoms with E-state index in [0.717, 1.165) is 27.6 Å². The van der Waals surface area contributed by atoms with Gasteiger partial charge in [0, 0.05) is 22.0 Å². The van der Waals surface area contributed by atoms with Crippen LogP contribution >= 0.6 is 27.7 Å². The van der Waals surface area contributed by atoms with Gasteiger partial charge in [-0.2, -0.15) is 5.10 Å². The third kappa shape index (κ3) is 6.30. The molecule has 0 atom stereocenters. The summed E-state index contributed by atoms with van der Waals surface area (Å²) in [4.78, 5) is 13.9. The van der Waals surface area contributed by atoms with Crippen molar-refractivity contribution in [3.05, 3.63) is 70.3 Å². The van der Waals surface area contributed by atoms with Gasteiger partial charge in [-0.1, -0.05) is 54.5 Å². The molecule has 0 aliphatic carbocycles. The van der Waals surface area contributed by atoms with Crippen LogP contribution in [0.1, 0.15) is 26.5 Å². The van der Waals surface area contributed by atoms with Crippen LogP contribution in [-0.4, -0.2) is 32.4 Å². The van der Waals surface area contributed by atoms with E-state index in [2.05, 4.69) is 21.0 Å². The number of halogens is 3. The molecule has 0 radical (unpaired) electrons. The lowest BCUT2D eigenvalue weighted by Crippen LogP contribution is -2.36. The second-order valence-corrected chi connectivity index (χ2v) is 10.2. The van der Waals surface area contributed by atoms with Crippen molar-refractivity contribution in [2.75, 3.05) is 6.54 Å². The maximum absolute atomic E-state index is 14.5. The van der Waals surface area contributed by atoms with Crippen LogP contribution in [0.2, 0.25) is 0 Å². The van der Waals surface area contributed by atoms with Gasteiger partial charge in [-0.25, -0.2) is 18.3 Å². The minimum Gasteiger partial charge on any atom is -0.465 e. The Hall–Kier alpha value is -2.39. The van der Waals surface area contributed by atoms with E-state index in [1.807, 2.05) is 45.0 Å². The van der Waals surface area contributed by atoms with Crippen molar-refractivity contribution in [2.24, 2.45) is 5.41 Å². The first-order valence-corrected chi connectivity index (χ1v) is 11.1. The van der Waals surface area contributed by atoms with E-state index in [1.165, 1.54) is 21.3 Å². The Labute approximate surface area is 192 Å². The molecule has 5 nitrogen and oxygen atoms in total. The molecule has 164 valence electrons. The molecule has 1 amide bonds. The lowest BCUT2D eigenvalue weighted by molar-refractivity contribution is 0.122. The fourth-order valence-corrected chi connectivity index (χ4v) is 4.54. The molecular weight excluding hydrogens is 488 g/mol. The first-order valence-electron chi connectivity index (χ1n) is 9.47. The largest absolute Gasteiger partial charge is 0.465 e. The van der Waals surface area contributed by atoms with Crippen molar-refractivity contribution in [3.8, 4) is 5.69 Å². The summed E-state index contributed by atoms with van der Waals surface area (Å²) in [5, 5.41) is 14.6. The molecule has 0 spiro atoms. The lowest BCUT2D eigenvalue weighted by Gasteiger charge is -2.27. The van der Waals surface area contributed by atoms with Crippen molar-refractivity contribution in [2.45, 2.75) is 37.2 Å². The summed E-state index contributed by atoms with van der Waals surface area (Å²) in [6.45, 7) is 6.16. The van der Waals surface area contributed by atoms with Gasteiger partial charge in [0.15, 0.2) is 0 Å². The van der Waals surface area contributed by atoms with E-state index in [-0.39, 0.29) is 17.6 Å². The molecule has 3 aromatic rings. The van der Waals surface area contributed by atoms with Crippen LogP contribution < -0.4 is 0 Å². The van der Waals surface area contributed by atoms with E-state index in [4.69, 9.17) is 0 Å². The number of rotatable bonds is 6. The number of hydrogen-bond donors (Lipinski definition) is 1. The molecule has 0 saturated heterocycles. The van der Waals surface area contributed by atoms with Crippen molar-refractivity contribution in [3.63, 3.8) is 0 Å². The zero-order valence-electron chi connectivity index (χ0n) is 17.3. The summed E-state index contributed by atoms with van der Waals surface area (Å²) < 4.78 is 30.6. The molecule has 0 aliphatic rings. The molecule has 31 heavy (non-hydrogen) atoms. The van der Waals surface area contributed by atoms with Gasteiger partial charge in [-0.05, 0) is 41.8 Å². The number of benzene rings is 2. The zero-order chi connectivity index (χ0) is 22.8. The number of carboxylic acid groups (broad SMARTS) is 1. The fourth-order valence-electron chi connectivity index (χ4n) is 2.99. The van der Waals surface area contributed by atoms with Crippen LogP contribution in [0.25, 0.3) is 5.69 Å². The van der Waals surface area contributed by atoms with E-state index in [0.29, 0.717) is 17.3 Å². The molecule has 1 heterocycles. The van der Waals surface area contributed by atoms with Gasteiger partial charge in [0.1, 0.15) is 22.3 Å². The first-order chi connectivity index (χ1) is 14.5. The summed E-state index contributed by atoms with van der Waals surface area (Å²) in [5.74, 6) is -1.22. The molecule has 0 fully saturated rings. The highest BCUT2D eigenvalue weighted by Crippen LogP contribution is 2.33. The Morgan fingerprint density at radius 1 is 1.19 bits per heavy atom. The second kappa shape index (κ2) is 9.40. The molecule has 0 saturated carbocycles. The van der Waals surface area contributed by atoms with Crippen LogP contribution in [0.4, 0.5) is 13.6 Å². The minimum atomic E-state index is -1.07. The number of hydrogen-bond acceptors (Lipinski definition) is 3. The summed E-state index contributed by atoms with van der Waals surface area (Å²) in [6.07, 6.45) is -1.07. The molecule has 0 aliphatic heterocycles. The van der Waals surface area contributed by atoms with Gasteiger partial charge >= 0.3 is 6.09 Å². The highest BCUT2D eigenvalue weighted by molar-refractivity contribution is 9.10. The van der Waals surface area contributed by atoms with Crippen LogP contribution in [-0.2, 0) is 6.54 Å². The predicted molar refractivity (Wildman–Crippen MR) is 120 cm³/mol. The van der Waals surface area contributed by atoms with Crippen molar-refractivity contribution < 1.29 is 18.7 Å². The molecule has 0 bridgehead atoms. The molecule has 1 aromatic heterocycles. The third-order valence-electron chi connectivity index (χ3n) is 4.17. The molecule has 0 unspecified atom stereocenters. The minimum absolute atomic E-state index is 0.0303. The lowest BCUT2D eigenvalue weighted by atomic mass is 9.96. The summed E-state index contributed by atoms with van der Waals surface area (Å²) in [5.41, 5.74) is 0.151. The highest BCUT2D eigenvalue weighted by Gasteiger charge is 2.23. The summed E-state index contributed by atoms with van der Waals surface area (Å²) in [6, 6.07) is 12.4. The van der Waals surface area contributed by atoms with Gasteiger partial charge in [0.05, 0.1) is 12.2 Å². The van der Waals surface area contributed by atoms with Gasteiger partial charge in [-0.3, -0.25) is 0 Å². The Morgan fingerprint density at radius 3 is 2.58 bits per heavy atom. The maximum Gasteiger partial charge on any atom is 0.407 e. The Bertz CT molecular complexity index is 1100. The molecular formula is C22H22BrF2N3O2S. The van der Waals surface area contributed by atoms with Crippen molar-refractivity contribution >= 4 is 33.8 Å². The summed E-state index contributed by atoms with van der Waals surface area (Å²) >= 11 is 4.75. The smallest absolute Gasteiger partial charge is 0.407 e. The number of nitrogens with zero attached hydrogens (tertiary/aromatic N) is 3. The zero-order valence-corrected chi connectivity index (χ0v) is 19.7. The van der Waals surface area contributed by atoms with Gasteiger partial charge < -0.3 is 10.0 Å². The Morgan fingerprint density at radius 2 is 1.94 bits per heavy atom. The SMILES string of the molecule is CC(C)(C)CN(Cc1cc(Sc2cccc(Br)c2)n(-c2cc(F)ccc2F)n1)C(=O)O. The first kappa shape index (κ1) is 23.3. The monoisotopic (exact) mass is 509 g/mol. The second-order valence-electron chi connectivity index (χ2n) is 8.24. The number of amides is 1. The Balaban J connectivity index is 2.02. The standard InChI is InChI=1S/C22H22BrF2N3O2S/c1-22(2,3)13-27(21(29)30)12-16-11-20(31-17-6-4-5-14(23)9-17)28(26-16)19-10-15(24)7-8-18(19)25/h4-11H,12-13H2,1-3H3,(H,29,30). The highest BCUT2D eigenvalue weighted by atomic mass is 79.9. The van der Waals surface area contributed by atoms with E-state index >= 15 is 0 Å². The van der Waals surface area contributed by atoms with E-state index < -0.39 is 17.7 Å². The van der Waals surface area contributed by atoms with Gasteiger partial charge in [0.25, 0.3) is 0 Å². The van der Waals surface area contributed by atoms with Gasteiger partial charge in [-0.15, -0.1) is 0 Å². The van der Waals surface area contributed by atoms with Crippen LogP contribution in [0.5, 0.6) is 0 Å². The number of carbonyl (C=O) groups is 1. The molecule has 2 aromatic carbocycles. The topological polar surface area (TPSA) is 58.4 Å². The average Bonchev–Trinajstić information content (AvgIpc) is 3.04. The maximum atomic E-state index is 14.5. The van der Waals surface area contributed by atoms with Crippen LogP contribution in [0.15, 0.2) is 62.9 Å². The number of aromatic nitrogens is 2. The molecule has 1 N–H and O–H groups in total. The van der Waals surface area contributed by atoms with Crippen molar-refractivity contribution in [1.29, 1.82) is 0 Å². The Kier molecular flexibility index (Phi) is 7.06. The quantitative estimate of drug-likeness (QED) is 0.407. The van der Waals surface area contributed by atoms with Crippen molar-refractivity contribution in [1.82, 2.24) is 14.7 Å². The predicted octanol–water partition coefficient (Wildman–Crippen LogP) is 6.59. The third-order valence-corrected chi connectivity index (χ3v) is 5.65. The van der Waals surface area contributed by atoms with Crippen LogP contribution in [0, 0.1) is 17.0 Å². The van der Waals surface area contributed by atoms with Gasteiger partial charge in [0.2, 0.25) is 0 Å². The molecule has 3 rings (SSSR count). The fraction of sp³-hybridized carbons (Fsp3) is 0.273. The van der Waals surface area contributed by atoms with E-state index in [9.17, 15) is 18.7 Å².